The topological polar surface area (TPSA) is 0 Å². The molecule has 0 N–H and O–H groups in total. The molecule has 0 aromatic heterocycles. The number of hydrogen-bond acceptors (Lipinski definition) is 0. The molecule has 0 spiro atoms. The standard InChI is InChI=1S/C11H22Si/c1-12(2,3)11-9-7-5-4-6-8-10-11/h9H,4-8,10H2,1-3H3/b11-9+. The lowest BCUT2D eigenvalue weighted by Gasteiger charge is -2.22. The summed E-state index contributed by atoms with van der Waals surface area (Å²) in [5.41, 5.74) is 0. The molecule has 1 aliphatic rings. The van der Waals surface area contributed by atoms with Crippen LogP contribution in [0.4, 0.5) is 0 Å². The molecular formula is C11H22Si. The number of rotatable bonds is 1. The van der Waals surface area contributed by atoms with Crippen LogP contribution in [0.2, 0.25) is 19.6 Å². The van der Waals surface area contributed by atoms with Crippen molar-refractivity contribution in [2.45, 2.75) is 58.2 Å². The average molecular weight is 182 g/mol. The normalized spacial score (nSPS) is 25.4. The Labute approximate surface area is 78.1 Å². The molecule has 12 heavy (non-hydrogen) atoms. The van der Waals surface area contributed by atoms with Gasteiger partial charge in [0.15, 0.2) is 0 Å². The number of allylic oxidation sites excluding steroid dienone is 2. The fraction of sp³-hybridized carbons (Fsp3) is 0.818. The van der Waals surface area contributed by atoms with E-state index in [-0.39, 0.29) is 0 Å². The largest absolute Gasteiger partial charge is 0.0892 e. The summed E-state index contributed by atoms with van der Waals surface area (Å²) in [6.07, 6.45) is 11.1. The van der Waals surface area contributed by atoms with E-state index in [1.54, 1.807) is 0 Å². The lowest BCUT2D eigenvalue weighted by molar-refractivity contribution is 0.632. The van der Waals surface area contributed by atoms with Crippen LogP contribution in [0.5, 0.6) is 0 Å². The van der Waals surface area contributed by atoms with Gasteiger partial charge in [0, 0.05) is 0 Å². The molecule has 0 nitrogen and oxygen atoms in total. The van der Waals surface area contributed by atoms with Crippen LogP contribution < -0.4 is 0 Å². The predicted octanol–water partition coefficient (Wildman–Crippen LogP) is 4.14. The Balaban J connectivity index is 2.59. The Morgan fingerprint density at radius 2 is 1.67 bits per heavy atom. The van der Waals surface area contributed by atoms with E-state index in [0.29, 0.717) is 0 Å². The van der Waals surface area contributed by atoms with Gasteiger partial charge in [-0.1, -0.05) is 43.8 Å². The van der Waals surface area contributed by atoms with Crippen LogP contribution in [0.1, 0.15) is 38.5 Å². The van der Waals surface area contributed by atoms with Crippen LogP contribution in [-0.2, 0) is 0 Å². The molecule has 1 rings (SSSR count). The zero-order valence-corrected chi connectivity index (χ0v) is 9.82. The van der Waals surface area contributed by atoms with Gasteiger partial charge in [-0.2, -0.15) is 0 Å². The third-order valence-electron chi connectivity index (χ3n) is 2.75. The van der Waals surface area contributed by atoms with Crippen molar-refractivity contribution in [2.24, 2.45) is 0 Å². The molecule has 1 heteroatoms. The van der Waals surface area contributed by atoms with Crippen LogP contribution >= 0.6 is 0 Å². The first-order chi connectivity index (χ1) is 5.61. The quantitative estimate of drug-likeness (QED) is 0.535. The van der Waals surface area contributed by atoms with Gasteiger partial charge in [0.05, 0.1) is 8.07 Å². The van der Waals surface area contributed by atoms with E-state index in [2.05, 4.69) is 25.7 Å². The molecule has 0 saturated heterocycles. The maximum absolute atomic E-state index is 2.55. The van der Waals surface area contributed by atoms with Crippen LogP contribution in [0.15, 0.2) is 11.3 Å². The minimum absolute atomic E-state index is 0.950. The summed E-state index contributed by atoms with van der Waals surface area (Å²) < 4.78 is 0. The first-order valence-corrected chi connectivity index (χ1v) is 8.80. The second kappa shape index (κ2) is 4.27. The van der Waals surface area contributed by atoms with E-state index in [9.17, 15) is 0 Å². The summed E-state index contributed by atoms with van der Waals surface area (Å²) in [6, 6.07) is 0. The number of hydrogen-bond donors (Lipinski definition) is 0. The molecule has 0 aromatic rings. The second-order valence-corrected chi connectivity index (χ2v) is 10.1. The predicted molar refractivity (Wildman–Crippen MR) is 59.1 cm³/mol. The summed E-state index contributed by atoms with van der Waals surface area (Å²) in [5.74, 6) is 0. The molecular weight excluding hydrogens is 160 g/mol. The van der Waals surface area contributed by atoms with Crippen LogP contribution in [0.3, 0.4) is 0 Å². The molecule has 0 radical (unpaired) electrons. The maximum atomic E-state index is 2.55. The molecule has 0 aliphatic heterocycles. The van der Waals surface area contributed by atoms with Gasteiger partial charge in [-0.05, 0) is 25.7 Å². The Kier molecular flexibility index (Phi) is 3.57. The Hall–Kier alpha value is -0.0431. The van der Waals surface area contributed by atoms with Gasteiger partial charge in [0.25, 0.3) is 0 Å². The first kappa shape index (κ1) is 10.0. The summed E-state index contributed by atoms with van der Waals surface area (Å²) in [6.45, 7) is 7.42. The zero-order valence-electron chi connectivity index (χ0n) is 8.82. The van der Waals surface area contributed by atoms with Gasteiger partial charge in [-0.15, -0.1) is 0 Å². The van der Waals surface area contributed by atoms with E-state index in [0.717, 1.165) is 0 Å². The third-order valence-corrected chi connectivity index (χ3v) is 5.14. The Bertz CT molecular complexity index is 162. The van der Waals surface area contributed by atoms with Crippen molar-refractivity contribution in [3.05, 3.63) is 11.3 Å². The summed E-state index contributed by atoms with van der Waals surface area (Å²) in [5, 5.41) is 1.82. The smallest absolute Gasteiger partial charge is 0.0720 e. The maximum Gasteiger partial charge on any atom is 0.0720 e. The summed E-state index contributed by atoms with van der Waals surface area (Å²) >= 11 is 0. The minimum Gasteiger partial charge on any atom is -0.0892 e. The summed E-state index contributed by atoms with van der Waals surface area (Å²) in [7, 11) is -0.950. The van der Waals surface area contributed by atoms with Crippen molar-refractivity contribution in [3.8, 4) is 0 Å². The molecule has 0 fully saturated rings. The molecule has 0 unspecified atom stereocenters. The first-order valence-electron chi connectivity index (χ1n) is 5.30. The highest BCUT2D eigenvalue weighted by Gasteiger charge is 2.18. The van der Waals surface area contributed by atoms with Crippen molar-refractivity contribution < 1.29 is 0 Å². The van der Waals surface area contributed by atoms with E-state index in [4.69, 9.17) is 0 Å². The van der Waals surface area contributed by atoms with Crippen molar-refractivity contribution in [2.75, 3.05) is 0 Å². The van der Waals surface area contributed by atoms with Gasteiger partial charge in [-0.25, -0.2) is 0 Å². The summed E-state index contributed by atoms with van der Waals surface area (Å²) in [4.78, 5) is 0. The zero-order chi connectivity index (χ0) is 9.03. The van der Waals surface area contributed by atoms with Crippen molar-refractivity contribution in [3.63, 3.8) is 0 Å². The van der Waals surface area contributed by atoms with E-state index in [1.165, 1.54) is 38.5 Å². The average Bonchev–Trinajstić information content (AvgIpc) is 1.81. The van der Waals surface area contributed by atoms with E-state index in [1.807, 2.05) is 5.20 Å². The van der Waals surface area contributed by atoms with E-state index < -0.39 is 8.07 Å². The van der Waals surface area contributed by atoms with Gasteiger partial charge in [0.2, 0.25) is 0 Å². The van der Waals surface area contributed by atoms with Crippen LogP contribution in [0, 0.1) is 0 Å². The molecule has 0 saturated carbocycles. The van der Waals surface area contributed by atoms with Gasteiger partial charge >= 0.3 is 0 Å². The Morgan fingerprint density at radius 3 is 2.33 bits per heavy atom. The highest BCUT2D eigenvalue weighted by molar-refractivity contribution is 6.83. The fourth-order valence-corrected chi connectivity index (χ4v) is 3.56. The molecule has 70 valence electrons. The molecule has 0 aromatic carbocycles. The Morgan fingerprint density at radius 1 is 1.00 bits per heavy atom. The minimum atomic E-state index is -0.950. The van der Waals surface area contributed by atoms with Crippen molar-refractivity contribution in [1.29, 1.82) is 0 Å². The van der Waals surface area contributed by atoms with Gasteiger partial charge < -0.3 is 0 Å². The SMILES string of the molecule is C[Si](C)(C)/C1=C/CCCCCC1. The molecule has 1 aliphatic carbocycles. The lowest BCUT2D eigenvalue weighted by atomic mass is 10.1. The van der Waals surface area contributed by atoms with Crippen LogP contribution in [0.25, 0.3) is 0 Å². The highest BCUT2D eigenvalue weighted by atomic mass is 28.3. The van der Waals surface area contributed by atoms with E-state index >= 15 is 0 Å². The monoisotopic (exact) mass is 182 g/mol. The van der Waals surface area contributed by atoms with Crippen LogP contribution in [-0.4, -0.2) is 8.07 Å². The highest BCUT2D eigenvalue weighted by Crippen LogP contribution is 2.24. The van der Waals surface area contributed by atoms with Crippen molar-refractivity contribution in [1.82, 2.24) is 0 Å². The fourth-order valence-electron chi connectivity index (χ4n) is 1.87. The lowest BCUT2D eigenvalue weighted by Crippen LogP contribution is -2.24. The van der Waals surface area contributed by atoms with Crippen molar-refractivity contribution >= 4 is 8.07 Å². The van der Waals surface area contributed by atoms with Gasteiger partial charge in [-0.3, -0.25) is 0 Å². The second-order valence-electron chi connectivity index (χ2n) is 4.93. The molecule has 0 atom stereocenters. The molecule has 0 bridgehead atoms. The third kappa shape index (κ3) is 3.14. The molecule has 0 amide bonds. The molecule has 0 heterocycles. The van der Waals surface area contributed by atoms with Gasteiger partial charge in [0.1, 0.15) is 0 Å².